The summed E-state index contributed by atoms with van der Waals surface area (Å²) in [5, 5.41) is 2.92. The molecule has 0 unspecified atom stereocenters. The van der Waals surface area contributed by atoms with E-state index < -0.39 is 0 Å². The molecule has 0 aromatic carbocycles. The highest BCUT2D eigenvalue weighted by Gasteiger charge is 2.17. The van der Waals surface area contributed by atoms with Gasteiger partial charge in [-0.15, -0.1) is 0 Å². The lowest BCUT2D eigenvalue weighted by atomic mass is 10.1. The van der Waals surface area contributed by atoms with Crippen LogP contribution in [0.4, 0.5) is 5.82 Å². The molecule has 4 nitrogen and oxygen atoms in total. The summed E-state index contributed by atoms with van der Waals surface area (Å²) < 4.78 is 5.68. The molecule has 0 aliphatic rings. The van der Waals surface area contributed by atoms with Crippen molar-refractivity contribution in [1.82, 2.24) is 9.97 Å². The number of anilines is 1. The summed E-state index contributed by atoms with van der Waals surface area (Å²) in [6, 6.07) is 0. The predicted octanol–water partition coefficient (Wildman–Crippen LogP) is 2.09. The molecule has 1 aromatic heterocycles. The summed E-state index contributed by atoms with van der Waals surface area (Å²) in [6.45, 7) is 6.14. The molecule has 14 heavy (non-hydrogen) atoms. The van der Waals surface area contributed by atoms with Gasteiger partial charge in [0.05, 0.1) is 12.4 Å². The normalized spacial score (nSPS) is 11.1. The molecule has 0 aliphatic heterocycles. The minimum atomic E-state index is -0.193. The highest BCUT2D eigenvalue weighted by atomic mass is 16.5. The van der Waals surface area contributed by atoms with E-state index in [1.807, 2.05) is 13.8 Å². The Morgan fingerprint density at radius 3 is 2.71 bits per heavy atom. The van der Waals surface area contributed by atoms with Crippen LogP contribution in [-0.2, 0) is 0 Å². The number of rotatable bonds is 4. The van der Waals surface area contributed by atoms with Gasteiger partial charge in [-0.1, -0.05) is 6.92 Å². The van der Waals surface area contributed by atoms with Crippen LogP contribution in [0.1, 0.15) is 27.2 Å². The molecule has 0 aliphatic carbocycles. The van der Waals surface area contributed by atoms with Gasteiger partial charge in [0, 0.05) is 7.05 Å². The first kappa shape index (κ1) is 10.8. The van der Waals surface area contributed by atoms with Gasteiger partial charge in [0.2, 0.25) is 5.88 Å². The number of hydrogen-bond donors (Lipinski definition) is 1. The summed E-state index contributed by atoms with van der Waals surface area (Å²) in [5.41, 5.74) is -0.193. The molecule has 1 heterocycles. The average molecular weight is 195 g/mol. The Morgan fingerprint density at radius 2 is 2.14 bits per heavy atom. The number of ether oxygens (including phenoxy) is 1. The Labute approximate surface area is 84.7 Å². The van der Waals surface area contributed by atoms with Crippen molar-refractivity contribution in [3.8, 4) is 5.88 Å². The van der Waals surface area contributed by atoms with Gasteiger partial charge in [0.1, 0.15) is 11.4 Å². The summed E-state index contributed by atoms with van der Waals surface area (Å²) in [6.07, 6.45) is 4.21. The van der Waals surface area contributed by atoms with Crippen LogP contribution >= 0.6 is 0 Å². The molecular formula is C10H17N3O. The Kier molecular flexibility index (Phi) is 3.28. The monoisotopic (exact) mass is 195 g/mol. The van der Waals surface area contributed by atoms with E-state index in [-0.39, 0.29) is 5.60 Å². The Balaban J connectivity index is 2.76. The zero-order valence-electron chi connectivity index (χ0n) is 9.16. The fourth-order valence-corrected chi connectivity index (χ4v) is 0.873. The summed E-state index contributed by atoms with van der Waals surface area (Å²) >= 11 is 0. The lowest BCUT2D eigenvalue weighted by molar-refractivity contribution is 0.0986. The second kappa shape index (κ2) is 4.26. The first-order chi connectivity index (χ1) is 6.57. The molecule has 0 fully saturated rings. The minimum Gasteiger partial charge on any atom is -0.471 e. The minimum absolute atomic E-state index is 0.193. The third-order valence-corrected chi connectivity index (χ3v) is 2.10. The van der Waals surface area contributed by atoms with Crippen LogP contribution in [0.25, 0.3) is 0 Å². The zero-order valence-corrected chi connectivity index (χ0v) is 9.16. The Morgan fingerprint density at radius 1 is 1.43 bits per heavy atom. The molecule has 0 atom stereocenters. The third-order valence-electron chi connectivity index (χ3n) is 2.10. The number of nitrogens with zero attached hydrogens (tertiary/aromatic N) is 2. The maximum Gasteiger partial charge on any atom is 0.234 e. The standard InChI is InChI=1S/C10H17N3O/c1-5-10(2,3)14-9-7-12-6-8(11-4)13-9/h6-7H,5H2,1-4H3,(H,11,13). The highest BCUT2D eigenvalue weighted by Crippen LogP contribution is 2.18. The van der Waals surface area contributed by atoms with Gasteiger partial charge in [0.25, 0.3) is 0 Å². The van der Waals surface area contributed by atoms with Crippen LogP contribution in [0, 0.1) is 0 Å². The van der Waals surface area contributed by atoms with E-state index in [1.54, 1.807) is 19.4 Å². The van der Waals surface area contributed by atoms with Crippen LogP contribution in [0.3, 0.4) is 0 Å². The average Bonchev–Trinajstić information content (AvgIpc) is 2.17. The molecule has 78 valence electrons. The van der Waals surface area contributed by atoms with E-state index >= 15 is 0 Å². The molecule has 0 radical (unpaired) electrons. The van der Waals surface area contributed by atoms with Crippen molar-refractivity contribution in [2.24, 2.45) is 0 Å². The van der Waals surface area contributed by atoms with Crippen LogP contribution in [0.15, 0.2) is 12.4 Å². The second-order valence-electron chi connectivity index (χ2n) is 3.71. The molecule has 0 saturated carbocycles. The Bertz CT molecular complexity index is 299. The summed E-state index contributed by atoms with van der Waals surface area (Å²) in [4.78, 5) is 8.25. The van der Waals surface area contributed by atoms with Crippen LogP contribution < -0.4 is 10.1 Å². The lowest BCUT2D eigenvalue weighted by Gasteiger charge is -2.23. The van der Waals surface area contributed by atoms with E-state index in [0.29, 0.717) is 5.88 Å². The van der Waals surface area contributed by atoms with Gasteiger partial charge in [-0.25, -0.2) is 0 Å². The molecular weight excluding hydrogens is 178 g/mol. The van der Waals surface area contributed by atoms with E-state index in [9.17, 15) is 0 Å². The first-order valence-electron chi connectivity index (χ1n) is 4.76. The van der Waals surface area contributed by atoms with E-state index in [2.05, 4.69) is 22.2 Å². The molecule has 4 heteroatoms. The van der Waals surface area contributed by atoms with Gasteiger partial charge < -0.3 is 10.1 Å². The first-order valence-corrected chi connectivity index (χ1v) is 4.76. The molecule has 1 rings (SSSR count). The molecule has 1 aromatic rings. The quantitative estimate of drug-likeness (QED) is 0.799. The number of aromatic nitrogens is 2. The van der Waals surface area contributed by atoms with Crippen molar-refractivity contribution in [1.29, 1.82) is 0 Å². The number of hydrogen-bond acceptors (Lipinski definition) is 4. The fourth-order valence-electron chi connectivity index (χ4n) is 0.873. The molecule has 0 saturated heterocycles. The Hall–Kier alpha value is -1.32. The highest BCUT2D eigenvalue weighted by molar-refractivity contribution is 5.32. The van der Waals surface area contributed by atoms with Crippen molar-refractivity contribution in [2.45, 2.75) is 32.8 Å². The van der Waals surface area contributed by atoms with Crippen molar-refractivity contribution >= 4 is 5.82 Å². The van der Waals surface area contributed by atoms with Crippen molar-refractivity contribution in [3.63, 3.8) is 0 Å². The molecule has 0 bridgehead atoms. The SMILES string of the molecule is CCC(C)(C)Oc1cncc(NC)n1. The van der Waals surface area contributed by atoms with Crippen LogP contribution in [0.5, 0.6) is 5.88 Å². The predicted molar refractivity (Wildman–Crippen MR) is 56.6 cm³/mol. The second-order valence-corrected chi connectivity index (χ2v) is 3.71. The van der Waals surface area contributed by atoms with Gasteiger partial charge >= 0.3 is 0 Å². The largest absolute Gasteiger partial charge is 0.471 e. The lowest BCUT2D eigenvalue weighted by Crippen LogP contribution is -2.27. The van der Waals surface area contributed by atoms with E-state index in [0.717, 1.165) is 12.2 Å². The molecule has 0 amide bonds. The van der Waals surface area contributed by atoms with E-state index in [4.69, 9.17) is 4.74 Å². The van der Waals surface area contributed by atoms with Gasteiger partial charge in [-0.2, -0.15) is 4.98 Å². The molecule has 0 spiro atoms. The van der Waals surface area contributed by atoms with Crippen LogP contribution in [-0.4, -0.2) is 22.6 Å². The number of nitrogens with one attached hydrogen (secondary N) is 1. The summed E-state index contributed by atoms with van der Waals surface area (Å²) in [5.74, 6) is 1.28. The zero-order chi connectivity index (χ0) is 10.6. The van der Waals surface area contributed by atoms with Crippen molar-refractivity contribution in [2.75, 3.05) is 12.4 Å². The van der Waals surface area contributed by atoms with E-state index in [1.165, 1.54) is 0 Å². The third kappa shape index (κ3) is 2.87. The topological polar surface area (TPSA) is 47.0 Å². The fraction of sp³-hybridized carbons (Fsp3) is 0.600. The molecule has 1 N–H and O–H groups in total. The van der Waals surface area contributed by atoms with Crippen molar-refractivity contribution in [3.05, 3.63) is 12.4 Å². The van der Waals surface area contributed by atoms with Gasteiger partial charge in [0.15, 0.2) is 0 Å². The van der Waals surface area contributed by atoms with Gasteiger partial charge in [-0.05, 0) is 20.3 Å². The smallest absolute Gasteiger partial charge is 0.234 e. The summed E-state index contributed by atoms with van der Waals surface area (Å²) in [7, 11) is 1.80. The maximum atomic E-state index is 5.68. The van der Waals surface area contributed by atoms with Crippen LogP contribution in [0.2, 0.25) is 0 Å². The van der Waals surface area contributed by atoms with Crippen molar-refractivity contribution < 1.29 is 4.74 Å². The maximum absolute atomic E-state index is 5.68. The van der Waals surface area contributed by atoms with Gasteiger partial charge in [-0.3, -0.25) is 4.98 Å².